The lowest BCUT2D eigenvalue weighted by atomic mass is 9.93. The van der Waals surface area contributed by atoms with Gasteiger partial charge in [-0.3, -0.25) is 10.1 Å². The van der Waals surface area contributed by atoms with Crippen LogP contribution in [-0.2, 0) is 4.74 Å². The van der Waals surface area contributed by atoms with E-state index in [1.54, 1.807) is 31.7 Å². The number of carbonyl (C=O) groups is 1. The van der Waals surface area contributed by atoms with Gasteiger partial charge in [-0.2, -0.15) is 0 Å². The van der Waals surface area contributed by atoms with Gasteiger partial charge in [-0.15, -0.1) is 0 Å². The molecule has 1 aliphatic heterocycles. The smallest absolute Gasteiger partial charge is 0.410 e. The normalized spacial score (nSPS) is 17.1. The topological polar surface area (TPSA) is 108 Å². The number of nitro benzene ring substituents is 1. The fourth-order valence-corrected chi connectivity index (χ4v) is 3.00. The van der Waals surface area contributed by atoms with E-state index in [-0.39, 0.29) is 24.0 Å². The van der Waals surface area contributed by atoms with E-state index >= 15 is 0 Å². The molecule has 0 saturated heterocycles. The molecule has 160 valence electrons. The van der Waals surface area contributed by atoms with Gasteiger partial charge in [0.25, 0.3) is 12.1 Å². The van der Waals surface area contributed by atoms with Gasteiger partial charge in [-0.25, -0.2) is 13.6 Å². The van der Waals surface area contributed by atoms with E-state index < -0.39 is 35.3 Å². The molecule has 1 unspecified atom stereocenters. The summed E-state index contributed by atoms with van der Waals surface area (Å²) in [5, 5.41) is 11.1. The van der Waals surface area contributed by atoms with Crippen LogP contribution in [0.25, 0.3) is 5.57 Å². The highest BCUT2D eigenvalue weighted by Gasteiger charge is 2.30. The van der Waals surface area contributed by atoms with Crippen LogP contribution in [0.5, 0.6) is 5.75 Å². The van der Waals surface area contributed by atoms with Crippen LogP contribution in [0, 0.1) is 10.1 Å². The Labute approximate surface area is 167 Å². The molecule has 0 aromatic heterocycles. The van der Waals surface area contributed by atoms with Gasteiger partial charge in [-0.1, -0.05) is 6.08 Å². The van der Waals surface area contributed by atoms with Crippen molar-refractivity contribution in [2.24, 2.45) is 0 Å². The van der Waals surface area contributed by atoms with Crippen LogP contribution in [0.4, 0.5) is 25.0 Å². The van der Waals surface area contributed by atoms with Crippen molar-refractivity contribution in [1.82, 2.24) is 4.90 Å². The van der Waals surface area contributed by atoms with Crippen molar-refractivity contribution in [3.8, 4) is 5.75 Å². The molecule has 0 saturated carbocycles. The number of nitrogens with zero attached hydrogens (tertiary/aromatic N) is 2. The first-order chi connectivity index (χ1) is 13.4. The fraction of sp³-hybridized carbons (Fsp3) is 0.526. The van der Waals surface area contributed by atoms with E-state index in [0.717, 1.165) is 0 Å². The van der Waals surface area contributed by atoms with Crippen LogP contribution in [0.1, 0.15) is 39.7 Å². The number of rotatable bonds is 5. The first-order valence-corrected chi connectivity index (χ1v) is 9.07. The first kappa shape index (κ1) is 22.4. The number of carbonyl (C=O) groups excluding carboxylic acids is 1. The van der Waals surface area contributed by atoms with E-state index in [1.807, 2.05) is 6.92 Å². The Morgan fingerprint density at radius 1 is 1.41 bits per heavy atom. The number of benzene rings is 1. The van der Waals surface area contributed by atoms with Crippen molar-refractivity contribution in [3.63, 3.8) is 0 Å². The molecule has 0 aliphatic carbocycles. The quantitative estimate of drug-likeness (QED) is 0.440. The van der Waals surface area contributed by atoms with E-state index in [0.29, 0.717) is 17.6 Å². The van der Waals surface area contributed by atoms with Crippen LogP contribution >= 0.6 is 0 Å². The fourth-order valence-electron chi connectivity index (χ4n) is 3.00. The molecule has 0 bridgehead atoms. The summed E-state index contributed by atoms with van der Waals surface area (Å²) in [7, 11) is 0. The van der Waals surface area contributed by atoms with Gasteiger partial charge in [0.15, 0.2) is 11.4 Å². The first-order valence-electron chi connectivity index (χ1n) is 9.07. The Balaban J connectivity index is 2.35. The van der Waals surface area contributed by atoms with Gasteiger partial charge < -0.3 is 20.1 Å². The van der Waals surface area contributed by atoms with Gasteiger partial charge in [0.1, 0.15) is 12.2 Å². The minimum absolute atomic E-state index is 0.149. The number of nitro groups is 1. The van der Waals surface area contributed by atoms with Gasteiger partial charge >= 0.3 is 6.09 Å². The number of halogens is 2. The average Bonchev–Trinajstić information content (AvgIpc) is 2.58. The Morgan fingerprint density at radius 2 is 2.07 bits per heavy atom. The Morgan fingerprint density at radius 3 is 2.59 bits per heavy atom. The molecular weight excluding hydrogens is 388 g/mol. The van der Waals surface area contributed by atoms with Gasteiger partial charge in [0.2, 0.25) is 0 Å². The maximum atomic E-state index is 12.7. The summed E-state index contributed by atoms with van der Waals surface area (Å²) >= 11 is 0. The summed E-state index contributed by atoms with van der Waals surface area (Å²) in [6.45, 7) is 6.43. The molecule has 0 fully saturated rings. The summed E-state index contributed by atoms with van der Waals surface area (Å²) < 4.78 is 35.8. The van der Waals surface area contributed by atoms with Crippen LogP contribution in [0.15, 0.2) is 18.2 Å². The molecule has 0 spiro atoms. The standard InChI is InChI=1S/C19H25F2N3O5/c1-11-9-12(7-8-23(11)18(25)29-19(2,3)4)13-5-6-14(24(26)27)16(22)17(13)28-10-15(20)21/h5-7,11,15H,8-10,22H2,1-4H3. The minimum atomic E-state index is -2.76. The third-order valence-corrected chi connectivity index (χ3v) is 4.28. The summed E-state index contributed by atoms with van der Waals surface area (Å²) in [6.07, 6.45) is -1.11. The molecule has 1 heterocycles. The van der Waals surface area contributed by atoms with Gasteiger partial charge in [0, 0.05) is 24.2 Å². The molecule has 1 aliphatic rings. The lowest BCUT2D eigenvalue weighted by Gasteiger charge is -2.34. The predicted octanol–water partition coefficient (Wildman–Crippen LogP) is 4.23. The Kier molecular flexibility index (Phi) is 6.66. The Hall–Kier alpha value is -2.91. The maximum Gasteiger partial charge on any atom is 0.410 e. The van der Waals surface area contributed by atoms with E-state index in [4.69, 9.17) is 15.2 Å². The van der Waals surface area contributed by atoms with Crippen molar-refractivity contribution in [1.29, 1.82) is 0 Å². The third-order valence-electron chi connectivity index (χ3n) is 4.28. The third kappa shape index (κ3) is 5.55. The van der Waals surface area contributed by atoms with Crippen molar-refractivity contribution in [2.75, 3.05) is 18.9 Å². The molecule has 1 amide bonds. The van der Waals surface area contributed by atoms with Crippen LogP contribution in [-0.4, -0.2) is 47.1 Å². The number of hydrogen-bond donors (Lipinski definition) is 1. The molecule has 2 N–H and O–H groups in total. The summed E-state index contributed by atoms with van der Waals surface area (Å²) in [6, 6.07) is 2.40. The number of alkyl halides is 2. The highest BCUT2D eigenvalue weighted by Crippen LogP contribution is 2.41. The van der Waals surface area contributed by atoms with E-state index in [9.17, 15) is 23.7 Å². The average molecular weight is 413 g/mol. The minimum Gasteiger partial charge on any atom is -0.485 e. The highest BCUT2D eigenvalue weighted by molar-refractivity contribution is 5.82. The van der Waals surface area contributed by atoms with Crippen molar-refractivity contribution in [2.45, 2.75) is 52.2 Å². The van der Waals surface area contributed by atoms with E-state index in [2.05, 4.69) is 0 Å². The number of nitrogen functional groups attached to an aromatic ring is 1. The zero-order valence-electron chi connectivity index (χ0n) is 16.8. The molecule has 2 rings (SSSR count). The van der Waals surface area contributed by atoms with Gasteiger partial charge in [-0.05, 0) is 45.8 Å². The largest absolute Gasteiger partial charge is 0.485 e. The number of ether oxygens (including phenoxy) is 2. The monoisotopic (exact) mass is 413 g/mol. The maximum absolute atomic E-state index is 12.7. The summed E-state index contributed by atoms with van der Waals surface area (Å²) in [5.74, 6) is -0.149. The highest BCUT2D eigenvalue weighted by atomic mass is 19.3. The number of amides is 1. The molecule has 10 heteroatoms. The zero-order chi connectivity index (χ0) is 21.9. The molecule has 1 aromatic carbocycles. The lowest BCUT2D eigenvalue weighted by molar-refractivity contribution is -0.384. The summed E-state index contributed by atoms with van der Waals surface area (Å²) in [5.41, 5.74) is 5.56. The van der Waals surface area contributed by atoms with Crippen molar-refractivity contribution >= 4 is 23.0 Å². The molecule has 29 heavy (non-hydrogen) atoms. The molecular formula is C19H25F2N3O5. The number of anilines is 1. The summed E-state index contributed by atoms with van der Waals surface area (Å²) in [4.78, 5) is 24.3. The predicted molar refractivity (Wildman–Crippen MR) is 104 cm³/mol. The second kappa shape index (κ2) is 8.62. The molecule has 1 aromatic rings. The van der Waals surface area contributed by atoms with Crippen molar-refractivity contribution < 1.29 is 28.0 Å². The van der Waals surface area contributed by atoms with Crippen LogP contribution in [0.2, 0.25) is 0 Å². The SMILES string of the molecule is CC1CC(c2ccc([N+](=O)[O-])c(N)c2OCC(F)F)=CCN1C(=O)OC(C)(C)C. The second-order valence-corrected chi connectivity index (χ2v) is 7.75. The molecule has 1 atom stereocenters. The second-order valence-electron chi connectivity index (χ2n) is 7.75. The van der Waals surface area contributed by atoms with Crippen LogP contribution in [0.3, 0.4) is 0 Å². The van der Waals surface area contributed by atoms with Gasteiger partial charge in [0.05, 0.1) is 4.92 Å². The Bertz CT molecular complexity index is 821. The van der Waals surface area contributed by atoms with Crippen LogP contribution < -0.4 is 10.5 Å². The number of hydrogen-bond acceptors (Lipinski definition) is 6. The van der Waals surface area contributed by atoms with Crippen molar-refractivity contribution in [3.05, 3.63) is 33.9 Å². The zero-order valence-corrected chi connectivity index (χ0v) is 16.8. The number of nitrogens with two attached hydrogens (primary N) is 1. The lowest BCUT2D eigenvalue weighted by Crippen LogP contribution is -2.44. The van der Waals surface area contributed by atoms with E-state index in [1.165, 1.54) is 12.1 Å². The molecule has 0 radical (unpaired) electrons. The molecule has 8 nitrogen and oxygen atoms in total.